The van der Waals surface area contributed by atoms with Crippen molar-refractivity contribution < 1.29 is 24.5 Å². The van der Waals surface area contributed by atoms with Crippen LogP contribution in [0.3, 0.4) is 0 Å². The number of esters is 1. The summed E-state index contributed by atoms with van der Waals surface area (Å²) in [6, 6.07) is -0.540. The lowest BCUT2D eigenvalue weighted by molar-refractivity contribution is -0.143. The smallest absolute Gasteiger partial charge is 0.305 e. The van der Waals surface area contributed by atoms with Crippen molar-refractivity contribution in [2.24, 2.45) is 0 Å². The molecule has 0 saturated carbocycles. The van der Waals surface area contributed by atoms with Crippen molar-refractivity contribution in [2.75, 3.05) is 13.2 Å². The maximum atomic E-state index is 12.4. The van der Waals surface area contributed by atoms with Crippen molar-refractivity contribution in [2.45, 2.75) is 360 Å². The molecule has 0 aromatic heterocycles. The van der Waals surface area contributed by atoms with Gasteiger partial charge in [-0.3, -0.25) is 9.59 Å². The van der Waals surface area contributed by atoms with E-state index in [-0.39, 0.29) is 18.5 Å². The molecule has 3 N–H and O–H groups in total. The van der Waals surface area contributed by atoms with Crippen LogP contribution in [0.2, 0.25) is 0 Å². The Labute approximate surface area is 437 Å². The summed E-state index contributed by atoms with van der Waals surface area (Å²) in [6.45, 7) is 4.95. The molecule has 70 heavy (non-hydrogen) atoms. The van der Waals surface area contributed by atoms with E-state index in [1.165, 1.54) is 270 Å². The molecule has 0 aliphatic heterocycles. The number of amides is 1. The fourth-order valence-corrected chi connectivity index (χ4v) is 9.87. The third-order valence-electron chi connectivity index (χ3n) is 14.7. The first kappa shape index (κ1) is 68.3. The summed E-state index contributed by atoms with van der Waals surface area (Å²) in [5.74, 6) is -0.0285. The first-order chi connectivity index (χ1) is 34.5. The van der Waals surface area contributed by atoms with Crippen LogP contribution in [0.25, 0.3) is 0 Å². The predicted molar refractivity (Wildman–Crippen MR) is 306 cm³/mol. The summed E-state index contributed by atoms with van der Waals surface area (Å²) in [6.07, 6.45) is 73.5. The quantitative estimate of drug-likeness (QED) is 0.0321. The molecule has 0 radical (unpaired) electrons. The van der Waals surface area contributed by atoms with E-state index in [4.69, 9.17) is 4.74 Å². The molecule has 2 atom stereocenters. The number of hydrogen-bond donors (Lipinski definition) is 3. The Morgan fingerprint density at radius 1 is 0.386 bits per heavy atom. The third-order valence-corrected chi connectivity index (χ3v) is 14.7. The Morgan fingerprint density at radius 2 is 0.671 bits per heavy atom. The fraction of sp³-hybridized carbons (Fsp3) is 0.906. The SMILES string of the molecule is CCCCCCCCC/C=C\CCCCCCCC(=O)OCCCCCCCCCCCCCC/C=C\CCCCCCCCCCCCCC(=O)NC(CO)C(O)CCCCCCCCCCCC. The van der Waals surface area contributed by atoms with E-state index in [9.17, 15) is 19.8 Å². The lowest BCUT2D eigenvalue weighted by atomic mass is 10.0. The first-order valence-electron chi connectivity index (χ1n) is 31.6. The highest BCUT2D eigenvalue weighted by Gasteiger charge is 2.20. The highest BCUT2D eigenvalue weighted by molar-refractivity contribution is 5.76. The Bertz CT molecular complexity index is 1090. The normalized spacial score (nSPS) is 12.7. The lowest BCUT2D eigenvalue weighted by Gasteiger charge is -2.22. The van der Waals surface area contributed by atoms with E-state index in [0.29, 0.717) is 25.9 Å². The summed E-state index contributed by atoms with van der Waals surface area (Å²) >= 11 is 0. The van der Waals surface area contributed by atoms with Crippen LogP contribution < -0.4 is 5.32 Å². The van der Waals surface area contributed by atoms with Gasteiger partial charge < -0.3 is 20.3 Å². The van der Waals surface area contributed by atoms with Crippen LogP contribution in [-0.4, -0.2) is 47.4 Å². The number of unbranched alkanes of at least 4 members (excludes halogenated alkanes) is 44. The van der Waals surface area contributed by atoms with E-state index in [2.05, 4.69) is 43.5 Å². The van der Waals surface area contributed by atoms with Crippen LogP contribution in [0.15, 0.2) is 24.3 Å². The van der Waals surface area contributed by atoms with Crippen LogP contribution in [0.4, 0.5) is 0 Å². The molecule has 0 aromatic carbocycles. The summed E-state index contributed by atoms with van der Waals surface area (Å²) in [7, 11) is 0. The van der Waals surface area contributed by atoms with E-state index in [1.54, 1.807) is 0 Å². The lowest BCUT2D eigenvalue weighted by Crippen LogP contribution is -2.45. The number of allylic oxidation sites excluding steroid dienone is 4. The molecule has 0 rings (SSSR count). The molecule has 0 fully saturated rings. The third kappa shape index (κ3) is 55.7. The summed E-state index contributed by atoms with van der Waals surface area (Å²) in [5, 5.41) is 23.2. The Kier molecular flexibility index (Phi) is 58.5. The number of ether oxygens (including phenoxy) is 1. The van der Waals surface area contributed by atoms with Gasteiger partial charge in [-0.05, 0) is 77.0 Å². The van der Waals surface area contributed by atoms with Gasteiger partial charge in [0.1, 0.15) is 0 Å². The molecular weight excluding hydrogens is 863 g/mol. The van der Waals surface area contributed by atoms with Gasteiger partial charge in [0.2, 0.25) is 5.91 Å². The van der Waals surface area contributed by atoms with Gasteiger partial charge in [-0.1, -0.05) is 282 Å². The molecule has 0 aliphatic carbocycles. The van der Waals surface area contributed by atoms with Gasteiger partial charge in [0.25, 0.3) is 0 Å². The minimum absolute atomic E-state index is 0.00795. The molecule has 414 valence electrons. The molecular formula is C64H123NO5. The monoisotopic (exact) mass is 986 g/mol. The van der Waals surface area contributed by atoms with E-state index in [1.807, 2.05) is 0 Å². The van der Waals surface area contributed by atoms with Gasteiger partial charge >= 0.3 is 5.97 Å². The van der Waals surface area contributed by atoms with Crippen LogP contribution in [0.5, 0.6) is 0 Å². The van der Waals surface area contributed by atoms with E-state index >= 15 is 0 Å². The Morgan fingerprint density at radius 3 is 1.01 bits per heavy atom. The molecule has 0 aliphatic rings. The van der Waals surface area contributed by atoms with Crippen LogP contribution >= 0.6 is 0 Å². The van der Waals surface area contributed by atoms with Crippen molar-refractivity contribution in [1.29, 1.82) is 0 Å². The molecule has 0 saturated heterocycles. The molecule has 6 nitrogen and oxygen atoms in total. The number of nitrogens with one attached hydrogen (secondary N) is 1. The summed E-state index contributed by atoms with van der Waals surface area (Å²) in [5.41, 5.74) is 0. The molecule has 2 unspecified atom stereocenters. The van der Waals surface area contributed by atoms with Gasteiger partial charge in [-0.25, -0.2) is 0 Å². The van der Waals surface area contributed by atoms with Gasteiger partial charge in [0.05, 0.1) is 25.4 Å². The van der Waals surface area contributed by atoms with Crippen molar-refractivity contribution in [3.05, 3.63) is 24.3 Å². The van der Waals surface area contributed by atoms with Crippen LogP contribution in [-0.2, 0) is 14.3 Å². The minimum atomic E-state index is -0.662. The average Bonchev–Trinajstić information content (AvgIpc) is 3.36. The topological polar surface area (TPSA) is 95.9 Å². The van der Waals surface area contributed by atoms with Crippen molar-refractivity contribution >= 4 is 11.9 Å². The highest BCUT2D eigenvalue weighted by Crippen LogP contribution is 2.17. The van der Waals surface area contributed by atoms with Gasteiger partial charge in [0, 0.05) is 12.8 Å². The molecule has 0 heterocycles. The number of aliphatic hydroxyl groups is 2. The van der Waals surface area contributed by atoms with Crippen molar-refractivity contribution in [3.8, 4) is 0 Å². The molecule has 6 heteroatoms. The minimum Gasteiger partial charge on any atom is -0.466 e. The largest absolute Gasteiger partial charge is 0.466 e. The fourth-order valence-electron chi connectivity index (χ4n) is 9.87. The number of carbonyl (C=O) groups is 2. The number of hydrogen-bond acceptors (Lipinski definition) is 5. The van der Waals surface area contributed by atoms with Gasteiger partial charge in [0.15, 0.2) is 0 Å². The van der Waals surface area contributed by atoms with Crippen molar-refractivity contribution in [3.63, 3.8) is 0 Å². The number of carbonyl (C=O) groups excluding carboxylic acids is 2. The average molecular weight is 987 g/mol. The second-order valence-corrected chi connectivity index (χ2v) is 21.7. The zero-order valence-electron chi connectivity index (χ0n) is 47.3. The Hall–Kier alpha value is -1.66. The number of rotatable bonds is 59. The van der Waals surface area contributed by atoms with Gasteiger partial charge in [-0.2, -0.15) is 0 Å². The maximum Gasteiger partial charge on any atom is 0.305 e. The van der Waals surface area contributed by atoms with Crippen LogP contribution in [0.1, 0.15) is 348 Å². The summed E-state index contributed by atoms with van der Waals surface area (Å²) in [4.78, 5) is 24.5. The predicted octanol–water partition coefficient (Wildman–Crippen LogP) is 19.8. The molecule has 1 amide bonds. The summed E-state index contributed by atoms with van der Waals surface area (Å²) < 4.78 is 5.49. The standard InChI is InChI=1S/C64H123NO5/c1-3-5-7-9-11-13-15-16-17-32-35-38-42-46-50-54-58-64(69)70-59-55-51-47-43-39-36-33-30-28-26-24-22-20-18-19-21-23-25-27-29-31-34-37-41-45-49-53-57-63(68)65-61(60-66)62(67)56-52-48-44-40-14-12-10-8-6-4-2/h17-19,32,61-62,66-67H,3-16,20-31,33-60H2,1-2H3,(H,65,68)/b19-18-,32-17-. The highest BCUT2D eigenvalue weighted by atomic mass is 16.5. The second-order valence-electron chi connectivity index (χ2n) is 21.7. The molecule has 0 aromatic rings. The molecule has 0 bridgehead atoms. The molecule has 0 spiro atoms. The second kappa shape index (κ2) is 59.9. The van der Waals surface area contributed by atoms with E-state index in [0.717, 1.165) is 44.9 Å². The van der Waals surface area contributed by atoms with Gasteiger partial charge in [-0.15, -0.1) is 0 Å². The Balaban J connectivity index is 3.35. The zero-order chi connectivity index (χ0) is 50.7. The van der Waals surface area contributed by atoms with Crippen LogP contribution in [0, 0.1) is 0 Å². The first-order valence-corrected chi connectivity index (χ1v) is 31.6. The number of aliphatic hydroxyl groups excluding tert-OH is 2. The maximum absolute atomic E-state index is 12.4. The van der Waals surface area contributed by atoms with Crippen molar-refractivity contribution in [1.82, 2.24) is 5.32 Å². The zero-order valence-corrected chi connectivity index (χ0v) is 47.3. The van der Waals surface area contributed by atoms with E-state index < -0.39 is 12.1 Å².